The van der Waals surface area contributed by atoms with Gasteiger partial charge in [0.2, 0.25) is 0 Å². The lowest BCUT2D eigenvalue weighted by Gasteiger charge is -1.98. The number of aromatic nitrogens is 1. The van der Waals surface area contributed by atoms with E-state index in [9.17, 15) is 4.39 Å². The fourth-order valence-corrected chi connectivity index (χ4v) is 1.33. The number of hydrogen-bond donors (Lipinski definition) is 1. The fraction of sp³-hybridized carbons (Fsp3) is 0.0833. The average molecular weight is 201 g/mol. The van der Waals surface area contributed by atoms with Crippen molar-refractivity contribution >= 4 is 10.9 Å². The molecule has 2 nitrogen and oxygen atoms in total. The Kier molecular flexibility index (Phi) is 2.61. The van der Waals surface area contributed by atoms with E-state index in [1.54, 1.807) is 18.3 Å². The van der Waals surface area contributed by atoms with Crippen molar-refractivity contribution in [3.63, 3.8) is 0 Å². The second-order valence-electron chi connectivity index (χ2n) is 2.99. The van der Waals surface area contributed by atoms with Gasteiger partial charge in [0.1, 0.15) is 12.4 Å². The smallest absolute Gasteiger partial charge is 0.141 e. The first kappa shape index (κ1) is 9.63. The van der Waals surface area contributed by atoms with E-state index in [1.165, 1.54) is 6.07 Å². The molecule has 15 heavy (non-hydrogen) atoms. The van der Waals surface area contributed by atoms with Crippen molar-refractivity contribution < 1.29 is 9.50 Å². The highest BCUT2D eigenvalue weighted by molar-refractivity contribution is 5.80. The maximum Gasteiger partial charge on any atom is 0.141 e. The molecule has 0 bridgehead atoms. The van der Waals surface area contributed by atoms with Crippen LogP contribution in [0.2, 0.25) is 0 Å². The summed E-state index contributed by atoms with van der Waals surface area (Å²) >= 11 is 0. The first-order valence-electron chi connectivity index (χ1n) is 4.45. The van der Waals surface area contributed by atoms with Crippen molar-refractivity contribution in [1.82, 2.24) is 4.98 Å². The predicted octanol–water partition coefficient (Wildman–Crippen LogP) is 1.72. The molecule has 74 valence electrons. The SMILES string of the molecule is OCC#Cc1cc2cccnc2cc1F. The second kappa shape index (κ2) is 4.07. The van der Waals surface area contributed by atoms with Gasteiger partial charge in [-0.15, -0.1) is 0 Å². The largest absolute Gasteiger partial charge is 0.384 e. The molecule has 0 saturated carbocycles. The summed E-state index contributed by atoms with van der Waals surface area (Å²) in [5, 5.41) is 9.36. The number of pyridine rings is 1. The van der Waals surface area contributed by atoms with Crippen molar-refractivity contribution in [1.29, 1.82) is 0 Å². The van der Waals surface area contributed by atoms with E-state index in [0.29, 0.717) is 5.52 Å². The summed E-state index contributed by atoms with van der Waals surface area (Å²) < 4.78 is 13.4. The van der Waals surface area contributed by atoms with E-state index in [-0.39, 0.29) is 12.2 Å². The third-order valence-corrected chi connectivity index (χ3v) is 1.99. The Morgan fingerprint density at radius 3 is 3.07 bits per heavy atom. The number of aliphatic hydroxyl groups is 1. The van der Waals surface area contributed by atoms with Crippen LogP contribution in [0.15, 0.2) is 30.5 Å². The Bertz CT molecular complexity index is 554. The maximum absolute atomic E-state index is 13.4. The average Bonchev–Trinajstić information content (AvgIpc) is 2.26. The van der Waals surface area contributed by atoms with E-state index < -0.39 is 5.82 Å². The number of benzene rings is 1. The molecule has 0 fully saturated rings. The Morgan fingerprint density at radius 2 is 2.27 bits per heavy atom. The lowest BCUT2D eigenvalue weighted by molar-refractivity contribution is 0.350. The van der Waals surface area contributed by atoms with Gasteiger partial charge in [-0.2, -0.15) is 0 Å². The van der Waals surface area contributed by atoms with Crippen LogP contribution in [-0.4, -0.2) is 16.7 Å². The van der Waals surface area contributed by atoms with E-state index in [1.807, 2.05) is 6.07 Å². The normalized spacial score (nSPS) is 9.73. The standard InChI is InChI=1S/C12H8FNO/c13-11-8-12-10(3-1-5-14-12)7-9(11)4-2-6-15/h1,3,5,7-8,15H,6H2. The van der Waals surface area contributed by atoms with Crippen LogP contribution in [-0.2, 0) is 0 Å². The lowest BCUT2D eigenvalue weighted by Crippen LogP contribution is -1.87. The first-order chi connectivity index (χ1) is 7.31. The van der Waals surface area contributed by atoms with Gasteiger partial charge in [-0.3, -0.25) is 4.98 Å². The minimum absolute atomic E-state index is 0.273. The number of nitrogens with zero attached hydrogens (tertiary/aromatic N) is 1. The molecule has 0 saturated heterocycles. The molecule has 1 heterocycles. The molecule has 0 unspecified atom stereocenters. The molecule has 0 aliphatic carbocycles. The third-order valence-electron chi connectivity index (χ3n) is 1.99. The number of hydrogen-bond acceptors (Lipinski definition) is 2. The minimum Gasteiger partial charge on any atom is -0.384 e. The molecular formula is C12H8FNO. The molecule has 2 aromatic rings. The number of aliphatic hydroxyl groups excluding tert-OH is 1. The first-order valence-corrected chi connectivity index (χ1v) is 4.45. The minimum atomic E-state index is -0.415. The molecule has 0 radical (unpaired) electrons. The monoisotopic (exact) mass is 201 g/mol. The summed E-state index contributed by atoms with van der Waals surface area (Å²) in [5.74, 6) is 4.55. The van der Waals surface area contributed by atoms with Crippen molar-refractivity contribution in [2.45, 2.75) is 0 Å². The summed E-state index contributed by atoms with van der Waals surface area (Å²) in [5.41, 5.74) is 0.883. The van der Waals surface area contributed by atoms with Crippen LogP contribution in [0.4, 0.5) is 4.39 Å². The zero-order chi connectivity index (χ0) is 10.7. The molecule has 2 rings (SSSR count). The third kappa shape index (κ3) is 1.95. The highest BCUT2D eigenvalue weighted by Crippen LogP contribution is 2.16. The van der Waals surface area contributed by atoms with E-state index in [4.69, 9.17) is 5.11 Å². The predicted molar refractivity (Wildman–Crippen MR) is 55.7 cm³/mol. The van der Waals surface area contributed by atoms with Crippen molar-refractivity contribution in [3.8, 4) is 11.8 Å². The van der Waals surface area contributed by atoms with Crippen LogP contribution in [0, 0.1) is 17.7 Å². The molecule has 1 N–H and O–H groups in total. The Hall–Kier alpha value is -1.92. The van der Waals surface area contributed by atoms with Gasteiger partial charge >= 0.3 is 0 Å². The highest BCUT2D eigenvalue weighted by Gasteiger charge is 2.02. The summed E-state index contributed by atoms with van der Waals surface area (Å²) in [6.45, 7) is -0.273. The number of rotatable bonds is 0. The molecule has 0 aliphatic heterocycles. The maximum atomic E-state index is 13.4. The molecule has 1 aromatic carbocycles. The Morgan fingerprint density at radius 1 is 1.40 bits per heavy atom. The summed E-state index contributed by atoms with van der Waals surface area (Å²) in [4.78, 5) is 4.03. The van der Waals surface area contributed by atoms with Crippen LogP contribution >= 0.6 is 0 Å². The second-order valence-corrected chi connectivity index (χ2v) is 2.99. The van der Waals surface area contributed by atoms with Crippen LogP contribution in [0.5, 0.6) is 0 Å². The van der Waals surface area contributed by atoms with Crippen LogP contribution in [0.3, 0.4) is 0 Å². The van der Waals surface area contributed by atoms with Crippen LogP contribution < -0.4 is 0 Å². The number of halogens is 1. The van der Waals surface area contributed by atoms with Gasteiger partial charge in [-0.05, 0) is 12.1 Å². The van der Waals surface area contributed by atoms with Gasteiger partial charge in [0.25, 0.3) is 0 Å². The van der Waals surface area contributed by atoms with E-state index >= 15 is 0 Å². The zero-order valence-corrected chi connectivity index (χ0v) is 7.87. The van der Waals surface area contributed by atoms with Gasteiger partial charge in [0, 0.05) is 17.6 Å². The van der Waals surface area contributed by atoms with Crippen LogP contribution in [0.1, 0.15) is 5.56 Å². The number of fused-ring (bicyclic) bond motifs is 1. The van der Waals surface area contributed by atoms with E-state index in [2.05, 4.69) is 16.8 Å². The summed E-state index contributed by atoms with van der Waals surface area (Å²) in [6.07, 6.45) is 1.61. The fourth-order valence-electron chi connectivity index (χ4n) is 1.33. The topological polar surface area (TPSA) is 33.1 Å². The van der Waals surface area contributed by atoms with E-state index in [0.717, 1.165) is 5.39 Å². The molecule has 0 atom stereocenters. The van der Waals surface area contributed by atoms with Gasteiger partial charge in [0.15, 0.2) is 0 Å². The molecule has 0 amide bonds. The van der Waals surface area contributed by atoms with Crippen molar-refractivity contribution in [2.75, 3.05) is 6.61 Å². The Labute approximate surface area is 86.4 Å². The van der Waals surface area contributed by atoms with Crippen molar-refractivity contribution in [2.24, 2.45) is 0 Å². The van der Waals surface area contributed by atoms with Gasteiger partial charge in [-0.25, -0.2) is 4.39 Å². The van der Waals surface area contributed by atoms with Crippen LogP contribution in [0.25, 0.3) is 10.9 Å². The molecule has 0 spiro atoms. The Balaban J connectivity index is 2.62. The quantitative estimate of drug-likeness (QED) is 0.658. The van der Waals surface area contributed by atoms with Crippen molar-refractivity contribution in [3.05, 3.63) is 41.8 Å². The summed E-state index contributed by atoms with van der Waals surface area (Å²) in [7, 11) is 0. The molecule has 3 heteroatoms. The lowest BCUT2D eigenvalue weighted by atomic mass is 10.1. The summed E-state index contributed by atoms with van der Waals surface area (Å²) in [6, 6.07) is 6.59. The van der Waals surface area contributed by atoms with Gasteiger partial charge in [-0.1, -0.05) is 17.9 Å². The highest BCUT2D eigenvalue weighted by atomic mass is 19.1. The van der Waals surface area contributed by atoms with Gasteiger partial charge < -0.3 is 5.11 Å². The molecule has 1 aromatic heterocycles. The zero-order valence-electron chi connectivity index (χ0n) is 7.87. The van der Waals surface area contributed by atoms with Gasteiger partial charge in [0.05, 0.1) is 11.1 Å². The molecule has 0 aliphatic rings. The molecular weight excluding hydrogens is 193 g/mol.